The van der Waals surface area contributed by atoms with Crippen LogP contribution < -0.4 is 25.6 Å². The lowest BCUT2D eigenvalue weighted by Crippen LogP contribution is -2.31. The number of nitrogens with zero attached hydrogens (tertiary/aromatic N) is 3. The highest BCUT2D eigenvalue weighted by Crippen LogP contribution is 2.33. The van der Waals surface area contributed by atoms with E-state index in [1.54, 1.807) is 48.5 Å². The van der Waals surface area contributed by atoms with Gasteiger partial charge < -0.3 is 30.5 Å². The summed E-state index contributed by atoms with van der Waals surface area (Å²) in [6.07, 6.45) is 0. The summed E-state index contributed by atoms with van der Waals surface area (Å²) in [5.41, 5.74) is 3.35. The lowest BCUT2D eigenvalue weighted by Gasteiger charge is -2.17. The predicted molar refractivity (Wildman–Crippen MR) is 161 cm³/mol. The van der Waals surface area contributed by atoms with Crippen LogP contribution in [-0.4, -0.2) is 61.0 Å². The van der Waals surface area contributed by atoms with Crippen molar-refractivity contribution in [1.82, 2.24) is 20.2 Å². The van der Waals surface area contributed by atoms with Gasteiger partial charge in [0.2, 0.25) is 11.8 Å². The number of hydrogen-bond donors (Lipinski definition) is 3. The Labute approximate surface area is 244 Å². The Balaban J connectivity index is 1.69. The van der Waals surface area contributed by atoms with Crippen LogP contribution >= 0.6 is 0 Å². The fraction of sp³-hybridized carbons (Fsp3) is 0.226. The number of rotatable bonds is 12. The van der Waals surface area contributed by atoms with Crippen molar-refractivity contribution in [2.75, 3.05) is 44.9 Å². The summed E-state index contributed by atoms with van der Waals surface area (Å²) in [5.74, 6) is -0.483. The maximum atomic E-state index is 13.7. The van der Waals surface area contributed by atoms with Gasteiger partial charge in [0.15, 0.2) is 5.56 Å². The SMILES string of the molecule is COOc1nc(Nc2cccc(C(=O)NCCN(C)C)c2)nc(Oc2ccccc2)c1C(=O)Nc1c(C)cccc1C. The molecule has 0 fully saturated rings. The molecular formula is C31H34N6O5. The van der Waals surface area contributed by atoms with Gasteiger partial charge in [-0.3, -0.25) is 9.59 Å². The molecule has 0 saturated heterocycles. The van der Waals surface area contributed by atoms with Crippen molar-refractivity contribution in [2.24, 2.45) is 0 Å². The molecule has 42 heavy (non-hydrogen) atoms. The first-order valence-electron chi connectivity index (χ1n) is 13.3. The Morgan fingerprint density at radius 3 is 2.24 bits per heavy atom. The zero-order valence-corrected chi connectivity index (χ0v) is 24.2. The number of para-hydroxylation sites is 2. The van der Waals surface area contributed by atoms with E-state index in [1.165, 1.54) is 7.11 Å². The number of carbonyl (C=O) groups is 2. The highest BCUT2D eigenvalue weighted by molar-refractivity contribution is 6.08. The minimum atomic E-state index is -0.548. The minimum Gasteiger partial charge on any atom is -0.438 e. The average molecular weight is 571 g/mol. The summed E-state index contributed by atoms with van der Waals surface area (Å²) in [7, 11) is 5.18. The molecule has 0 spiro atoms. The van der Waals surface area contributed by atoms with Crippen molar-refractivity contribution in [3.63, 3.8) is 0 Å². The van der Waals surface area contributed by atoms with Crippen molar-refractivity contribution in [3.05, 3.63) is 95.1 Å². The number of amides is 2. The van der Waals surface area contributed by atoms with E-state index >= 15 is 0 Å². The molecule has 4 rings (SSSR count). The van der Waals surface area contributed by atoms with Crippen molar-refractivity contribution in [3.8, 4) is 17.5 Å². The van der Waals surface area contributed by atoms with Gasteiger partial charge in [-0.1, -0.05) is 42.5 Å². The molecule has 0 radical (unpaired) electrons. The van der Waals surface area contributed by atoms with Gasteiger partial charge in [0, 0.05) is 30.0 Å². The number of aromatic nitrogens is 2. The molecule has 0 saturated carbocycles. The van der Waals surface area contributed by atoms with E-state index in [0.29, 0.717) is 35.8 Å². The first-order valence-corrected chi connectivity index (χ1v) is 13.3. The smallest absolute Gasteiger partial charge is 0.277 e. The second-order valence-corrected chi connectivity index (χ2v) is 9.68. The van der Waals surface area contributed by atoms with E-state index in [4.69, 9.17) is 14.5 Å². The molecule has 0 bridgehead atoms. The number of aryl methyl sites for hydroxylation is 2. The third-order valence-corrected chi connectivity index (χ3v) is 6.13. The Morgan fingerprint density at radius 1 is 0.857 bits per heavy atom. The Morgan fingerprint density at radius 2 is 1.55 bits per heavy atom. The normalized spacial score (nSPS) is 10.7. The Kier molecular flexibility index (Phi) is 10.0. The molecule has 0 aliphatic heterocycles. The van der Waals surface area contributed by atoms with Gasteiger partial charge >= 0.3 is 0 Å². The Hall–Kier alpha value is -5.00. The molecule has 0 aliphatic carbocycles. The third-order valence-electron chi connectivity index (χ3n) is 6.13. The van der Waals surface area contributed by atoms with Crippen LogP contribution in [0.4, 0.5) is 17.3 Å². The number of carbonyl (C=O) groups excluding carboxylic acids is 2. The van der Waals surface area contributed by atoms with Crippen LogP contribution in [0.3, 0.4) is 0 Å². The monoisotopic (exact) mass is 570 g/mol. The van der Waals surface area contributed by atoms with Crippen molar-refractivity contribution < 1.29 is 24.1 Å². The molecule has 1 aromatic heterocycles. The summed E-state index contributed by atoms with van der Waals surface area (Å²) in [5, 5.41) is 8.90. The Bertz CT molecular complexity index is 1520. The second-order valence-electron chi connectivity index (χ2n) is 9.68. The van der Waals surface area contributed by atoms with E-state index in [1.807, 2.05) is 57.1 Å². The van der Waals surface area contributed by atoms with Gasteiger partial charge in [-0.05, 0) is 69.4 Å². The number of anilines is 3. The molecular weight excluding hydrogens is 536 g/mol. The largest absolute Gasteiger partial charge is 0.438 e. The molecule has 0 unspecified atom stereocenters. The predicted octanol–water partition coefficient (Wildman–Crippen LogP) is 5.11. The standard InChI is InChI=1S/C31H34N6O5/c1-20-11-9-12-21(2)26(20)34-28(39)25-29(41-24-15-7-6-8-16-24)35-31(36-30(25)42-40-5)33-23-14-10-13-22(19-23)27(38)32-17-18-37(3)4/h6-16,19H,17-18H2,1-5H3,(H,32,38)(H,34,39)(H,33,35,36). The number of ether oxygens (including phenoxy) is 1. The van der Waals surface area contributed by atoms with Gasteiger partial charge in [0.25, 0.3) is 17.7 Å². The van der Waals surface area contributed by atoms with E-state index in [2.05, 4.69) is 25.9 Å². The van der Waals surface area contributed by atoms with Gasteiger partial charge in [-0.15, -0.1) is 0 Å². The van der Waals surface area contributed by atoms with Crippen molar-refractivity contribution >= 4 is 29.1 Å². The summed E-state index contributed by atoms with van der Waals surface area (Å²) in [4.78, 5) is 47.5. The number of nitrogens with one attached hydrogen (secondary N) is 3. The van der Waals surface area contributed by atoms with Crippen LogP contribution in [0.2, 0.25) is 0 Å². The molecule has 3 aromatic carbocycles. The number of likely N-dealkylation sites (N-methyl/N-ethyl adjacent to an activating group) is 1. The number of hydrogen-bond acceptors (Lipinski definition) is 9. The maximum absolute atomic E-state index is 13.7. The lowest BCUT2D eigenvalue weighted by molar-refractivity contribution is -0.181. The molecule has 11 heteroatoms. The quantitative estimate of drug-likeness (QED) is 0.157. The lowest BCUT2D eigenvalue weighted by atomic mass is 10.1. The fourth-order valence-electron chi connectivity index (χ4n) is 4.03. The molecule has 1 heterocycles. The molecule has 4 aromatic rings. The third kappa shape index (κ3) is 7.80. The van der Waals surface area contributed by atoms with Crippen LogP contribution in [0.15, 0.2) is 72.8 Å². The molecule has 11 nitrogen and oxygen atoms in total. The first kappa shape index (κ1) is 30.0. The van der Waals surface area contributed by atoms with Gasteiger partial charge in [-0.2, -0.15) is 14.9 Å². The molecule has 3 N–H and O–H groups in total. The molecule has 218 valence electrons. The summed E-state index contributed by atoms with van der Waals surface area (Å²) >= 11 is 0. The van der Waals surface area contributed by atoms with E-state index in [0.717, 1.165) is 11.1 Å². The van der Waals surface area contributed by atoms with E-state index in [9.17, 15) is 9.59 Å². The summed E-state index contributed by atoms with van der Waals surface area (Å²) in [6.45, 7) is 5.02. The number of benzene rings is 3. The highest BCUT2D eigenvalue weighted by Gasteiger charge is 2.26. The van der Waals surface area contributed by atoms with Crippen LogP contribution in [0.5, 0.6) is 17.5 Å². The van der Waals surface area contributed by atoms with Crippen molar-refractivity contribution in [2.45, 2.75) is 13.8 Å². The fourth-order valence-corrected chi connectivity index (χ4v) is 4.03. The van der Waals surface area contributed by atoms with Crippen LogP contribution in [0, 0.1) is 13.8 Å². The summed E-state index contributed by atoms with van der Waals surface area (Å²) < 4.78 is 6.06. The zero-order valence-electron chi connectivity index (χ0n) is 24.2. The minimum absolute atomic E-state index is 0.0572. The van der Waals surface area contributed by atoms with Crippen LogP contribution in [-0.2, 0) is 4.89 Å². The van der Waals surface area contributed by atoms with E-state index < -0.39 is 5.91 Å². The highest BCUT2D eigenvalue weighted by atomic mass is 17.2. The summed E-state index contributed by atoms with van der Waals surface area (Å²) in [6, 6.07) is 21.5. The van der Waals surface area contributed by atoms with Gasteiger partial charge in [0.05, 0.1) is 7.11 Å². The molecule has 2 amide bonds. The zero-order chi connectivity index (χ0) is 30.1. The molecule has 0 atom stereocenters. The van der Waals surface area contributed by atoms with Crippen LogP contribution in [0.1, 0.15) is 31.8 Å². The molecule has 0 aliphatic rings. The van der Waals surface area contributed by atoms with Crippen LogP contribution in [0.25, 0.3) is 0 Å². The maximum Gasteiger partial charge on any atom is 0.277 e. The second kappa shape index (κ2) is 14.1. The average Bonchev–Trinajstić information content (AvgIpc) is 2.95. The van der Waals surface area contributed by atoms with Gasteiger partial charge in [-0.25, -0.2) is 0 Å². The van der Waals surface area contributed by atoms with Crippen molar-refractivity contribution in [1.29, 1.82) is 0 Å². The van der Waals surface area contributed by atoms with Gasteiger partial charge in [0.1, 0.15) is 5.75 Å². The van der Waals surface area contributed by atoms with E-state index in [-0.39, 0.29) is 29.2 Å². The first-order chi connectivity index (χ1) is 20.2. The topological polar surface area (TPSA) is 127 Å².